The molecule has 0 N–H and O–H groups in total. The molecule has 3 aromatic carbocycles. The van der Waals surface area contributed by atoms with E-state index >= 15 is 0 Å². The molecular weight excluding hydrogens is 493 g/mol. The molecule has 3 heteroatoms. The molecule has 2 nitrogen and oxygen atoms in total. The molecule has 0 fully saturated rings. The minimum Gasteiger partial charge on any atom is -0.488 e. The highest BCUT2D eigenvalue weighted by molar-refractivity contribution is 7.49. The zero-order chi connectivity index (χ0) is 29.0. The van der Waals surface area contributed by atoms with Crippen LogP contribution in [-0.2, 0) is 22.6 Å². The average Bonchev–Trinajstić information content (AvgIpc) is 2.86. The Balaban J connectivity index is 2.29. The largest absolute Gasteiger partial charge is 0.488 e. The van der Waals surface area contributed by atoms with Gasteiger partial charge in [-0.15, -0.1) is 0 Å². The number of rotatable bonds is 10. The topological polar surface area (TPSA) is 12.5 Å². The van der Waals surface area contributed by atoms with Crippen molar-refractivity contribution in [3.05, 3.63) is 88.5 Å². The lowest BCUT2D eigenvalue weighted by molar-refractivity contribution is 0.290. The van der Waals surface area contributed by atoms with Crippen LogP contribution >= 0.6 is 8.58 Å². The third-order valence-electron chi connectivity index (χ3n) is 7.66. The molecule has 39 heavy (non-hydrogen) atoms. The number of unbranched alkanes of at least 4 members (excludes halogenated alkanes) is 1. The SMILES string of the molecule is CCCCC(C)(Pc1ccc(C)cc1N(C)C)c1cc(C(C)(C)C)cc(C(C)(C)C)c1OCc1ccccc1. The predicted octanol–water partition coefficient (Wildman–Crippen LogP) is 9.64. The number of aryl methyl sites for hydroxylation is 1. The Bertz CT molecular complexity index is 1230. The first-order valence-corrected chi connectivity index (χ1v) is 15.6. The van der Waals surface area contributed by atoms with Crippen LogP contribution in [0.1, 0.15) is 102 Å². The van der Waals surface area contributed by atoms with Gasteiger partial charge in [-0.1, -0.05) is 131 Å². The van der Waals surface area contributed by atoms with Crippen LogP contribution in [0.4, 0.5) is 5.69 Å². The summed E-state index contributed by atoms with van der Waals surface area (Å²) in [6, 6.07) is 22.5. The monoisotopic (exact) mass is 545 g/mol. The van der Waals surface area contributed by atoms with Gasteiger partial charge in [0.05, 0.1) is 0 Å². The third kappa shape index (κ3) is 7.88. The van der Waals surface area contributed by atoms with Gasteiger partial charge in [-0.2, -0.15) is 0 Å². The Labute approximate surface area is 241 Å². The van der Waals surface area contributed by atoms with Crippen LogP contribution in [0.2, 0.25) is 0 Å². The van der Waals surface area contributed by atoms with Crippen LogP contribution in [0.15, 0.2) is 60.7 Å². The van der Waals surface area contributed by atoms with Gasteiger partial charge in [0.1, 0.15) is 12.4 Å². The molecule has 0 spiro atoms. The highest BCUT2D eigenvalue weighted by Gasteiger charge is 2.36. The number of hydrogen-bond acceptors (Lipinski definition) is 2. The number of benzene rings is 3. The average molecular weight is 546 g/mol. The Kier molecular flexibility index (Phi) is 9.98. The van der Waals surface area contributed by atoms with Gasteiger partial charge in [0.25, 0.3) is 0 Å². The van der Waals surface area contributed by atoms with E-state index in [4.69, 9.17) is 4.74 Å². The number of anilines is 1. The zero-order valence-corrected chi connectivity index (χ0v) is 27.5. The maximum atomic E-state index is 6.90. The second-order valence-corrected chi connectivity index (χ2v) is 15.5. The first-order valence-electron chi connectivity index (χ1n) is 14.6. The third-order valence-corrected chi connectivity index (χ3v) is 9.42. The molecule has 0 aromatic heterocycles. The van der Waals surface area contributed by atoms with E-state index in [2.05, 4.69) is 142 Å². The van der Waals surface area contributed by atoms with Crippen molar-refractivity contribution in [3.63, 3.8) is 0 Å². The summed E-state index contributed by atoms with van der Waals surface area (Å²) in [5, 5.41) is 1.38. The normalized spacial score (nSPS) is 14.0. The zero-order valence-electron chi connectivity index (χ0n) is 26.5. The summed E-state index contributed by atoms with van der Waals surface area (Å²) in [6.45, 7) is 21.5. The van der Waals surface area contributed by atoms with Crippen molar-refractivity contribution in [2.45, 2.75) is 104 Å². The molecule has 0 radical (unpaired) electrons. The molecule has 0 saturated carbocycles. The molecule has 0 aliphatic heterocycles. The molecular formula is C36H52NOP. The highest BCUT2D eigenvalue weighted by atomic mass is 31.1. The van der Waals surface area contributed by atoms with E-state index in [0.29, 0.717) is 15.2 Å². The van der Waals surface area contributed by atoms with Gasteiger partial charge in [0.2, 0.25) is 0 Å². The minimum atomic E-state index is -0.0523. The Hall–Kier alpha value is -2.31. The molecule has 0 saturated heterocycles. The van der Waals surface area contributed by atoms with Gasteiger partial charge < -0.3 is 9.64 Å². The van der Waals surface area contributed by atoms with E-state index in [9.17, 15) is 0 Å². The van der Waals surface area contributed by atoms with Crippen LogP contribution in [0.3, 0.4) is 0 Å². The first kappa shape index (κ1) is 31.2. The summed E-state index contributed by atoms with van der Waals surface area (Å²) in [4.78, 5) is 2.27. The van der Waals surface area contributed by atoms with Gasteiger partial charge in [0.15, 0.2) is 0 Å². The van der Waals surface area contributed by atoms with Crippen molar-refractivity contribution in [2.75, 3.05) is 19.0 Å². The Morgan fingerprint density at radius 1 is 0.795 bits per heavy atom. The first-order chi connectivity index (χ1) is 18.2. The molecule has 0 bridgehead atoms. The lowest BCUT2D eigenvalue weighted by atomic mass is 9.76. The van der Waals surface area contributed by atoms with E-state index in [1.54, 1.807) is 0 Å². The molecule has 0 aliphatic rings. The second kappa shape index (κ2) is 12.5. The molecule has 2 unspecified atom stereocenters. The molecule has 3 rings (SSSR count). The van der Waals surface area contributed by atoms with E-state index in [1.165, 1.54) is 51.7 Å². The summed E-state index contributed by atoms with van der Waals surface area (Å²) in [6.07, 6.45) is 3.50. The molecule has 0 aliphatic carbocycles. The van der Waals surface area contributed by atoms with Crippen molar-refractivity contribution < 1.29 is 4.74 Å². The van der Waals surface area contributed by atoms with Gasteiger partial charge in [-0.05, 0) is 52.2 Å². The Morgan fingerprint density at radius 3 is 2.00 bits per heavy atom. The van der Waals surface area contributed by atoms with Crippen molar-refractivity contribution in [2.24, 2.45) is 0 Å². The van der Waals surface area contributed by atoms with Crippen LogP contribution < -0.4 is 14.9 Å². The number of nitrogens with zero attached hydrogens (tertiary/aromatic N) is 1. The van der Waals surface area contributed by atoms with Gasteiger partial charge in [-0.25, -0.2) is 0 Å². The lowest BCUT2D eigenvalue weighted by Gasteiger charge is -2.37. The van der Waals surface area contributed by atoms with Crippen molar-refractivity contribution in [3.8, 4) is 5.75 Å². The van der Waals surface area contributed by atoms with Crippen molar-refractivity contribution >= 4 is 19.6 Å². The Morgan fingerprint density at radius 2 is 1.44 bits per heavy atom. The van der Waals surface area contributed by atoms with Crippen LogP contribution in [0, 0.1) is 6.92 Å². The van der Waals surface area contributed by atoms with Gasteiger partial charge in [0, 0.05) is 36.1 Å². The quantitative estimate of drug-likeness (QED) is 0.235. The van der Waals surface area contributed by atoms with Crippen molar-refractivity contribution in [1.29, 1.82) is 0 Å². The summed E-state index contributed by atoms with van der Waals surface area (Å²) in [7, 11) is 4.96. The fraction of sp³-hybridized carbons (Fsp3) is 0.500. The fourth-order valence-corrected chi connectivity index (χ4v) is 6.93. The summed E-state index contributed by atoms with van der Waals surface area (Å²) in [5.41, 5.74) is 7.89. The number of ether oxygens (including phenoxy) is 1. The molecule has 212 valence electrons. The molecule has 0 amide bonds. The number of hydrogen-bond donors (Lipinski definition) is 0. The van der Waals surface area contributed by atoms with Crippen LogP contribution in [0.25, 0.3) is 0 Å². The standard InChI is InChI=1S/C36H52NOP/c1-12-13-21-36(9,39-32-20-19-26(2)22-31(32)37(10)11)30-24-28(34(3,4)5)23-29(35(6,7)8)33(30)38-25-27-17-15-14-16-18-27/h14-20,22-24,39H,12-13,21,25H2,1-11H3. The van der Waals surface area contributed by atoms with Crippen molar-refractivity contribution in [1.82, 2.24) is 0 Å². The van der Waals surface area contributed by atoms with E-state index < -0.39 is 0 Å². The molecule has 3 aromatic rings. The predicted molar refractivity (Wildman–Crippen MR) is 175 cm³/mol. The second-order valence-electron chi connectivity index (χ2n) is 13.7. The summed E-state index contributed by atoms with van der Waals surface area (Å²) < 4.78 is 6.90. The van der Waals surface area contributed by atoms with E-state index in [1.807, 2.05) is 0 Å². The maximum Gasteiger partial charge on any atom is 0.127 e. The van der Waals surface area contributed by atoms with E-state index in [-0.39, 0.29) is 16.0 Å². The smallest absolute Gasteiger partial charge is 0.127 e. The lowest BCUT2D eigenvalue weighted by Crippen LogP contribution is -2.27. The summed E-state index contributed by atoms with van der Waals surface area (Å²) in [5.74, 6) is 1.09. The maximum absolute atomic E-state index is 6.90. The fourth-order valence-electron chi connectivity index (χ4n) is 5.12. The minimum absolute atomic E-state index is 0.0418. The van der Waals surface area contributed by atoms with Crippen LogP contribution in [-0.4, -0.2) is 14.1 Å². The van der Waals surface area contributed by atoms with Gasteiger partial charge >= 0.3 is 0 Å². The van der Waals surface area contributed by atoms with Crippen LogP contribution in [0.5, 0.6) is 5.75 Å². The van der Waals surface area contributed by atoms with Gasteiger partial charge in [-0.3, -0.25) is 0 Å². The van der Waals surface area contributed by atoms with E-state index in [0.717, 1.165) is 12.2 Å². The summed E-state index contributed by atoms with van der Waals surface area (Å²) >= 11 is 0. The highest BCUT2D eigenvalue weighted by Crippen LogP contribution is 2.52. The molecule has 2 atom stereocenters. The molecule has 0 heterocycles.